The molecular formula is C20H20N6O4. The Hall–Kier alpha value is -4.13. The molecule has 3 aromatic rings. The molecule has 0 spiro atoms. The molecule has 3 rings (SSSR count). The molecule has 0 bridgehead atoms. The van der Waals surface area contributed by atoms with Crippen molar-refractivity contribution in [3.63, 3.8) is 0 Å². The lowest BCUT2D eigenvalue weighted by Crippen LogP contribution is -2.43. The lowest BCUT2D eigenvalue weighted by atomic mass is 10.3. The van der Waals surface area contributed by atoms with E-state index in [0.717, 1.165) is 0 Å². The molecule has 10 heteroatoms. The monoisotopic (exact) mass is 408 g/mol. The van der Waals surface area contributed by atoms with Gasteiger partial charge in [0.05, 0.1) is 11.4 Å². The molecular weight excluding hydrogens is 388 g/mol. The molecule has 2 heterocycles. The van der Waals surface area contributed by atoms with Crippen LogP contribution in [-0.4, -0.2) is 24.4 Å². The van der Waals surface area contributed by atoms with Crippen molar-refractivity contribution in [2.24, 2.45) is 7.05 Å². The second-order valence-corrected chi connectivity index (χ2v) is 6.60. The third-order valence-corrected chi connectivity index (χ3v) is 4.82. The van der Waals surface area contributed by atoms with Gasteiger partial charge in [-0.2, -0.15) is 5.26 Å². The first-order chi connectivity index (χ1) is 14.3. The second kappa shape index (κ2) is 8.08. The summed E-state index contributed by atoms with van der Waals surface area (Å²) in [6.07, 6.45) is 1.17. The van der Waals surface area contributed by atoms with Crippen LogP contribution in [0.1, 0.15) is 18.2 Å². The molecule has 0 aliphatic heterocycles. The molecule has 0 unspecified atom stereocenters. The first kappa shape index (κ1) is 20.6. The number of benzene rings is 1. The highest BCUT2D eigenvalue weighted by atomic mass is 16.2. The average molecular weight is 408 g/mol. The van der Waals surface area contributed by atoms with Crippen LogP contribution in [0.25, 0.3) is 5.69 Å². The van der Waals surface area contributed by atoms with Crippen LogP contribution < -0.4 is 22.1 Å². The van der Waals surface area contributed by atoms with Crippen molar-refractivity contribution in [3.05, 3.63) is 79.0 Å². The Bertz CT molecular complexity index is 1340. The molecule has 2 aromatic heterocycles. The summed E-state index contributed by atoms with van der Waals surface area (Å²) in [6, 6.07) is 10.6. The quantitative estimate of drug-likeness (QED) is 0.652. The fourth-order valence-corrected chi connectivity index (χ4v) is 3.13. The number of hydrogen-bond acceptors (Lipinski definition) is 5. The standard InChI is InChI=1S/C20H20N6O4/c1-4-24-11-14(10-21)18(28)25(20(24)30)12-16(27)22-17-13(2)23(3)26(19(17)29)15-8-6-5-7-9-15/h5-9,11H,4,12H2,1-3H3,(H,22,27). The molecule has 30 heavy (non-hydrogen) atoms. The first-order valence-corrected chi connectivity index (χ1v) is 9.18. The van der Waals surface area contributed by atoms with Gasteiger partial charge in [0, 0.05) is 19.8 Å². The number of anilines is 1. The number of amides is 1. The number of aromatic nitrogens is 4. The van der Waals surface area contributed by atoms with Gasteiger partial charge in [0.25, 0.3) is 11.1 Å². The van der Waals surface area contributed by atoms with Gasteiger partial charge in [-0.15, -0.1) is 0 Å². The maximum atomic E-state index is 12.9. The number of carbonyl (C=O) groups is 1. The molecule has 0 saturated carbocycles. The van der Waals surface area contributed by atoms with Gasteiger partial charge in [0.1, 0.15) is 23.9 Å². The Morgan fingerprint density at radius 2 is 1.80 bits per heavy atom. The van der Waals surface area contributed by atoms with Gasteiger partial charge >= 0.3 is 5.69 Å². The average Bonchev–Trinajstić information content (AvgIpc) is 2.95. The van der Waals surface area contributed by atoms with E-state index in [1.165, 1.54) is 15.4 Å². The highest BCUT2D eigenvalue weighted by molar-refractivity contribution is 5.91. The van der Waals surface area contributed by atoms with Crippen LogP contribution in [-0.2, 0) is 24.9 Å². The predicted molar refractivity (Wildman–Crippen MR) is 110 cm³/mol. The van der Waals surface area contributed by atoms with Gasteiger partial charge in [-0.1, -0.05) is 18.2 Å². The van der Waals surface area contributed by atoms with Crippen LogP contribution in [0.15, 0.2) is 50.9 Å². The lowest BCUT2D eigenvalue weighted by molar-refractivity contribution is -0.116. The third-order valence-electron chi connectivity index (χ3n) is 4.82. The fraction of sp³-hybridized carbons (Fsp3) is 0.250. The summed E-state index contributed by atoms with van der Waals surface area (Å²) in [6.45, 7) is 2.96. The number of para-hydroxylation sites is 1. The number of aryl methyl sites for hydroxylation is 1. The van der Waals surface area contributed by atoms with Crippen molar-refractivity contribution in [3.8, 4) is 11.8 Å². The minimum atomic E-state index is -0.853. The Labute approximate surface area is 170 Å². The van der Waals surface area contributed by atoms with E-state index in [4.69, 9.17) is 5.26 Å². The van der Waals surface area contributed by atoms with E-state index in [2.05, 4.69) is 5.32 Å². The van der Waals surface area contributed by atoms with Gasteiger partial charge < -0.3 is 5.32 Å². The molecule has 1 N–H and O–H groups in total. The van der Waals surface area contributed by atoms with Crippen LogP contribution in [0.3, 0.4) is 0 Å². The molecule has 1 amide bonds. The number of hydrogen-bond donors (Lipinski definition) is 1. The molecule has 0 aliphatic carbocycles. The van der Waals surface area contributed by atoms with E-state index < -0.39 is 29.3 Å². The zero-order valence-electron chi connectivity index (χ0n) is 16.7. The Morgan fingerprint density at radius 3 is 2.40 bits per heavy atom. The SMILES string of the molecule is CCn1cc(C#N)c(=O)n(CC(=O)Nc2c(C)n(C)n(-c3ccccc3)c2=O)c1=O. The molecule has 0 saturated heterocycles. The molecule has 0 radical (unpaired) electrons. The van der Waals surface area contributed by atoms with Gasteiger partial charge in [0.15, 0.2) is 0 Å². The van der Waals surface area contributed by atoms with Crippen LogP contribution >= 0.6 is 0 Å². The van der Waals surface area contributed by atoms with Crippen LogP contribution in [0.4, 0.5) is 5.69 Å². The summed E-state index contributed by atoms with van der Waals surface area (Å²) >= 11 is 0. The van der Waals surface area contributed by atoms with Crippen molar-refractivity contribution in [2.45, 2.75) is 26.9 Å². The van der Waals surface area contributed by atoms with Crippen LogP contribution in [0, 0.1) is 18.3 Å². The van der Waals surface area contributed by atoms with E-state index in [1.807, 2.05) is 6.07 Å². The summed E-state index contributed by atoms with van der Waals surface area (Å²) in [5.41, 5.74) is -1.08. The number of nitrogens with zero attached hydrogens (tertiary/aromatic N) is 5. The maximum absolute atomic E-state index is 12.9. The van der Waals surface area contributed by atoms with Crippen LogP contribution in [0.2, 0.25) is 0 Å². The third kappa shape index (κ3) is 3.48. The van der Waals surface area contributed by atoms with E-state index in [0.29, 0.717) is 15.9 Å². The zero-order chi connectivity index (χ0) is 22.0. The van der Waals surface area contributed by atoms with Crippen molar-refractivity contribution in [1.29, 1.82) is 5.26 Å². The molecule has 0 atom stereocenters. The lowest BCUT2D eigenvalue weighted by Gasteiger charge is -2.09. The number of nitrogens with one attached hydrogen (secondary N) is 1. The largest absolute Gasteiger partial charge is 0.331 e. The molecule has 1 aromatic carbocycles. The van der Waals surface area contributed by atoms with E-state index in [1.54, 1.807) is 55.9 Å². The number of nitriles is 1. The topological polar surface area (TPSA) is 124 Å². The van der Waals surface area contributed by atoms with Gasteiger partial charge in [-0.3, -0.25) is 23.6 Å². The van der Waals surface area contributed by atoms with Crippen molar-refractivity contribution in [2.75, 3.05) is 5.32 Å². The maximum Gasteiger partial charge on any atom is 0.331 e. The van der Waals surface area contributed by atoms with Crippen molar-refractivity contribution < 1.29 is 4.79 Å². The van der Waals surface area contributed by atoms with Gasteiger partial charge in [0.2, 0.25) is 5.91 Å². The molecule has 154 valence electrons. The van der Waals surface area contributed by atoms with Gasteiger partial charge in [-0.05, 0) is 26.0 Å². The predicted octanol–water partition coefficient (Wildman–Crippen LogP) is 0.338. The first-order valence-electron chi connectivity index (χ1n) is 9.18. The van der Waals surface area contributed by atoms with E-state index in [9.17, 15) is 19.2 Å². The second-order valence-electron chi connectivity index (χ2n) is 6.60. The Balaban J connectivity index is 1.98. The fourth-order valence-electron chi connectivity index (χ4n) is 3.13. The normalized spacial score (nSPS) is 10.6. The van der Waals surface area contributed by atoms with Crippen molar-refractivity contribution >= 4 is 11.6 Å². The zero-order valence-corrected chi connectivity index (χ0v) is 16.7. The van der Waals surface area contributed by atoms with E-state index >= 15 is 0 Å². The molecule has 10 nitrogen and oxygen atoms in total. The number of carbonyl (C=O) groups excluding carboxylic acids is 1. The van der Waals surface area contributed by atoms with Crippen molar-refractivity contribution in [1.82, 2.24) is 18.5 Å². The summed E-state index contributed by atoms with van der Waals surface area (Å²) in [5, 5.41) is 11.6. The highest BCUT2D eigenvalue weighted by Gasteiger charge is 2.20. The smallest absolute Gasteiger partial charge is 0.318 e. The minimum Gasteiger partial charge on any atom is -0.318 e. The van der Waals surface area contributed by atoms with Crippen LogP contribution in [0.5, 0.6) is 0 Å². The Kier molecular flexibility index (Phi) is 5.55. The molecule has 0 aliphatic rings. The molecule has 0 fully saturated rings. The summed E-state index contributed by atoms with van der Waals surface area (Å²) < 4.78 is 4.85. The minimum absolute atomic E-state index is 0.0478. The summed E-state index contributed by atoms with van der Waals surface area (Å²) in [5.74, 6) is -0.724. The Morgan fingerprint density at radius 1 is 1.13 bits per heavy atom. The van der Waals surface area contributed by atoms with E-state index in [-0.39, 0.29) is 17.8 Å². The van der Waals surface area contributed by atoms with Gasteiger partial charge in [-0.25, -0.2) is 14.0 Å². The summed E-state index contributed by atoms with van der Waals surface area (Å²) in [4.78, 5) is 50.2. The highest BCUT2D eigenvalue weighted by Crippen LogP contribution is 2.13. The number of rotatable bonds is 5. The summed E-state index contributed by atoms with van der Waals surface area (Å²) in [7, 11) is 1.68.